The number of thiazole rings is 1. The fraction of sp³-hybridized carbons (Fsp3) is 0.474. The Kier molecular flexibility index (Phi) is 7.72. The van der Waals surface area contributed by atoms with Crippen LogP contribution in [-0.4, -0.2) is 38.3 Å². The Labute approximate surface area is 158 Å². The molecule has 0 fully saturated rings. The van der Waals surface area contributed by atoms with E-state index in [2.05, 4.69) is 34.8 Å². The Hall–Kier alpha value is -2.28. The summed E-state index contributed by atoms with van der Waals surface area (Å²) >= 11 is 1.67. The van der Waals surface area contributed by atoms with Crippen LogP contribution in [0, 0.1) is 0 Å². The number of hydrogen-bond donors (Lipinski definition) is 2. The number of hydrogen-bond acceptors (Lipinski definition) is 5. The van der Waals surface area contributed by atoms with E-state index in [0.717, 1.165) is 29.1 Å². The highest BCUT2D eigenvalue weighted by atomic mass is 32.1. The summed E-state index contributed by atoms with van der Waals surface area (Å²) in [6.07, 6.45) is 1.46. The third-order valence-electron chi connectivity index (χ3n) is 3.88. The van der Waals surface area contributed by atoms with E-state index in [0.29, 0.717) is 30.5 Å². The topological polar surface area (TPSA) is 72.5 Å². The van der Waals surface area contributed by atoms with Gasteiger partial charge in [-0.25, -0.2) is 9.78 Å². The zero-order valence-electron chi connectivity index (χ0n) is 15.8. The van der Waals surface area contributed by atoms with Crippen LogP contribution in [0.3, 0.4) is 0 Å². The van der Waals surface area contributed by atoms with Crippen molar-refractivity contribution in [3.63, 3.8) is 0 Å². The monoisotopic (exact) mass is 377 g/mol. The van der Waals surface area contributed by atoms with Crippen molar-refractivity contribution < 1.29 is 14.3 Å². The molecule has 1 aromatic carbocycles. The molecule has 2 rings (SSSR count). The van der Waals surface area contributed by atoms with E-state index in [9.17, 15) is 4.79 Å². The summed E-state index contributed by atoms with van der Waals surface area (Å²) in [4.78, 5) is 16.4. The first-order valence-electron chi connectivity index (χ1n) is 8.70. The average molecular weight is 378 g/mol. The number of nitrogens with zero attached hydrogens (tertiary/aromatic N) is 1. The van der Waals surface area contributed by atoms with Gasteiger partial charge < -0.3 is 20.1 Å². The molecule has 0 aliphatic carbocycles. The van der Waals surface area contributed by atoms with Gasteiger partial charge in [0.2, 0.25) is 0 Å². The molecule has 0 aliphatic heterocycles. The number of nitrogens with one attached hydrogen (secondary N) is 2. The minimum absolute atomic E-state index is 0.162. The zero-order valence-corrected chi connectivity index (χ0v) is 16.6. The van der Waals surface area contributed by atoms with Crippen molar-refractivity contribution in [3.8, 4) is 11.5 Å². The number of amides is 2. The van der Waals surface area contributed by atoms with Gasteiger partial charge >= 0.3 is 6.03 Å². The lowest BCUT2D eigenvalue weighted by Crippen LogP contribution is -2.37. The summed E-state index contributed by atoms with van der Waals surface area (Å²) < 4.78 is 10.5. The molecule has 142 valence electrons. The highest BCUT2D eigenvalue weighted by Crippen LogP contribution is 2.27. The minimum Gasteiger partial charge on any atom is -0.493 e. The molecule has 26 heavy (non-hydrogen) atoms. The predicted octanol–water partition coefficient (Wildman–Crippen LogP) is 3.37. The Morgan fingerprint density at radius 2 is 1.81 bits per heavy atom. The second-order valence-corrected chi connectivity index (χ2v) is 7.09. The maximum absolute atomic E-state index is 11.9. The molecule has 0 atom stereocenters. The van der Waals surface area contributed by atoms with Gasteiger partial charge in [0.15, 0.2) is 11.5 Å². The fourth-order valence-corrected chi connectivity index (χ4v) is 3.30. The first kappa shape index (κ1) is 20.0. The zero-order chi connectivity index (χ0) is 18.9. The Morgan fingerprint density at radius 1 is 1.12 bits per heavy atom. The lowest BCUT2D eigenvalue weighted by Gasteiger charge is -2.10. The summed E-state index contributed by atoms with van der Waals surface area (Å²) in [5.41, 5.74) is 2.11. The summed E-state index contributed by atoms with van der Waals surface area (Å²) in [5, 5.41) is 8.93. The van der Waals surface area contributed by atoms with E-state index in [1.165, 1.54) is 0 Å². The number of aromatic nitrogens is 1. The van der Waals surface area contributed by atoms with Crippen LogP contribution in [0.25, 0.3) is 0 Å². The van der Waals surface area contributed by atoms with Gasteiger partial charge in [0.25, 0.3) is 0 Å². The van der Waals surface area contributed by atoms with E-state index in [1.807, 2.05) is 18.2 Å². The summed E-state index contributed by atoms with van der Waals surface area (Å²) in [6.45, 7) is 5.39. The fourth-order valence-electron chi connectivity index (χ4n) is 2.43. The third kappa shape index (κ3) is 5.91. The van der Waals surface area contributed by atoms with Crippen LogP contribution >= 0.6 is 11.3 Å². The van der Waals surface area contributed by atoms with Crippen LogP contribution in [0.2, 0.25) is 0 Å². The second-order valence-electron chi connectivity index (χ2n) is 6.20. The molecular weight excluding hydrogens is 350 g/mol. The highest BCUT2D eigenvalue weighted by molar-refractivity contribution is 7.09. The first-order valence-corrected chi connectivity index (χ1v) is 9.58. The van der Waals surface area contributed by atoms with Gasteiger partial charge in [-0.2, -0.15) is 0 Å². The standard InChI is InChI=1S/C19H27N3O3S/c1-13(2)18-22-15(12-26-18)8-10-21-19(23)20-9-7-14-5-6-16(24-3)17(11-14)25-4/h5-6,11-13H,7-10H2,1-4H3,(H2,20,21,23). The molecule has 1 aromatic heterocycles. The van der Waals surface area contributed by atoms with Crippen molar-refractivity contribution in [2.24, 2.45) is 0 Å². The molecule has 0 radical (unpaired) electrons. The van der Waals surface area contributed by atoms with Crippen LogP contribution in [-0.2, 0) is 12.8 Å². The summed E-state index contributed by atoms with van der Waals surface area (Å²) in [5.74, 6) is 1.84. The van der Waals surface area contributed by atoms with Crippen molar-refractivity contribution in [2.45, 2.75) is 32.6 Å². The van der Waals surface area contributed by atoms with E-state index in [4.69, 9.17) is 9.47 Å². The van der Waals surface area contributed by atoms with Crippen molar-refractivity contribution in [3.05, 3.63) is 39.8 Å². The molecule has 2 aromatic rings. The van der Waals surface area contributed by atoms with E-state index < -0.39 is 0 Å². The largest absolute Gasteiger partial charge is 0.493 e. The number of ether oxygens (including phenoxy) is 2. The molecule has 1 heterocycles. The van der Waals surface area contributed by atoms with Gasteiger partial charge in [-0.3, -0.25) is 0 Å². The Morgan fingerprint density at radius 3 is 2.42 bits per heavy atom. The maximum atomic E-state index is 11.9. The molecule has 6 nitrogen and oxygen atoms in total. The van der Waals surface area contributed by atoms with Gasteiger partial charge in [0.1, 0.15) is 0 Å². The molecule has 2 amide bonds. The van der Waals surface area contributed by atoms with Gasteiger partial charge in [-0.15, -0.1) is 11.3 Å². The molecule has 0 spiro atoms. The smallest absolute Gasteiger partial charge is 0.314 e. The lowest BCUT2D eigenvalue weighted by atomic mass is 10.1. The quantitative estimate of drug-likeness (QED) is 0.703. The molecule has 0 bridgehead atoms. The van der Waals surface area contributed by atoms with Gasteiger partial charge in [0, 0.05) is 30.8 Å². The van der Waals surface area contributed by atoms with E-state index >= 15 is 0 Å². The molecular formula is C19H27N3O3S. The van der Waals surface area contributed by atoms with Crippen LogP contribution in [0.4, 0.5) is 4.79 Å². The number of benzene rings is 1. The van der Waals surface area contributed by atoms with Crippen LogP contribution in [0.5, 0.6) is 11.5 Å². The first-order chi connectivity index (χ1) is 12.5. The van der Waals surface area contributed by atoms with Crippen molar-refractivity contribution in [2.75, 3.05) is 27.3 Å². The molecule has 7 heteroatoms. The molecule has 0 unspecified atom stereocenters. The number of carbonyl (C=O) groups is 1. The lowest BCUT2D eigenvalue weighted by molar-refractivity contribution is 0.241. The van der Waals surface area contributed by atoms with Crippen molar-refractivity contribution >= 4 is 17.4 Å². The number of rotatable bonds is 9. The second kappa shape index (κ2) is 10.0. The summed E-state index contributed by atoms with van der Waals surface area (Å²) in [6, 6.07) is 5.60. The molecule has 0 saturated carbocycles. The van der Waals surface area contributed by atoms with Gasteiger partial charge in [0.05, 0.1) is 24.9 Å². The van der Waals surface area contributed by atoms with Crippen LogP contribution in [0.1, 0.15) is 36.0 Å². The van der Waals surface area contributed by atoms with Crippen molar-refractivity contribution in [1.29, 1.82) is 0 Å². The van der Waals surface area contributed by atoms with E-state index in [1.54, 1.807) is 25.6 Å². The number of methoxy groups -OCH3 is 2. The molecule has 0 saturated heterocycles. The van der Waals surface area contributed by atoms with Crippen LogP contribution in [0.15, 0.2) is 23.6 Å². The van der Waals surface area contributed by atoms with Crippen molar-refractivity contribution in [1.82, 2.24) is 15.6 Å². The Bertz CT molecular complexity index is 716. The minimum atomic E-state index is -0.162. The molecule has 2 N–H and O–H groups in total. The summed E-state index contributed by atoms with van der Waals surface area (Å²) in [7, 11) is 3.22. The SMILES string of the molecule is COc1ccc(CCNC(=O)NCCc2csc(C(C)C)n2)cc1OC. The van der Waals surface area contributed by atoms with Gasteiger partial charge in [-0.05, 0) is 24.1 Å². The Balaban J connectivity index is 1.68. The van der Waals surface area contributed by atoms with Crippen LogP contribution < -0.4 is 20.1 Å². The normalized spacial score (nSPS) is 10.7. The maximum Gasteiger partial charge on any atom is 0.314 e. The average Bonchev–Trinajstić information content (AvgIpc) is 3.11. The van der Waals surface area contributed by atoms with E-state index in [-0.39, 0.29) is 6.03 Å². The highest BCUT2D eigenvalue weighted by Gasteiger charge is 2.07. The van der Waals surface area contributed by atoms with Gasteiger partial charge in [-0.1, -0.05) is 19.9 Å². The number of urea groups is 1. The number of carbonyl (C=O) groups excluding carboxylic acids is 1. The molecule has 0 aliphatic rings. The third-order valence-corrected chi connectivity index (χ3v) is 5.07. The predicted molar refractivity (Wildman–Crippen MR) is 105 cm³/mol.